The molecule has 0 saturated heterocycles. The lowest BCUT2D eigenvalue weighted by atomic mass is 10.2. The molecule has 0 aromatic carbocycles. The standard InChI is InChI=1S/C7H5ClF2INO3S/c1-15-5-4(6(9)10)3(11)2-12-7(5)16(8,13)14/h2,6H,1H3. The molecule has 4 nitrogen and oxygen atoms in total. The molecule has 0 saturated carbocycles. The molecule has 0 aliphatic rings. The van der Waals surface area contributed by atoms with Crippen molar-refractivity contribution in [2.45, 2.75) is 11.5 Å². The van der Waals surface area contributed by atoms with Gasteiger partial charge in [0.25, 0.3) is 15.5 Å². The smallest absolute Gasteiger partial charge is 0.282 e. The summed E-state index contributed by atoms with van der Waals surface area (Å²) in [7, 11) is 1.91. The monoisotopic (exact) mass is 383 g/mol. The first-order valence-corrected chi connectivity index (χ1v) is 7.13. The maximum atomic E-state index is 12.7. The van der Waals surface area contributed by atoms with Crippen LogP contribution in [0, 0.1) is 3.57 Å². The highest BCUT2D eigenvalue weighted by Gasteiger charge is 2.27. The Bertz CT molecular complexity index is 509. The predicted octanol–water partition coefficient (Wildman–Crippen LogP) is 2.56. The lowest BCUT2D eigenvalue weighted by molar-refractivity contribution is 0.145. The third-order valence-corrected chi connectivity index (χ3v) is 3.70. The number of nitrogens with zero attached hydrogens (tertiary/aromatic N) is 1. The largest absolute Gasteiger partial charge is 0.493 e. The zero-order valence-electron chi connectivity index (χ0n) is 7.75. The number of methoxy groups -OCH3 is 1. The molecule has 0 amide bonds. The normalized spacial score (nSPS) is 11.9. The van der Waals surface area contributed by atoms with E-state index in [2.05, 4.69) is 9.72 Å². The molecule has 1 aromatic rings. The van der Waals surface area contributed by atoms with Crippen LogP contribution in [0.15, 0.2) is 11.2 Å². The summed E-state index contributed by atoms with van der Waals surface area (Å²) < 4.78 is 52.3. The summed E-state index contributed by atoms with van der Waals surface area (Å²) in [6.45, 7) is 0. The fourth-order valence-corrected chi connectivity index (χ4v) is 2.58. The van der Waals surface area contributed by atoms with Gasteiger partial charge in [0, 0.05) is 20.4 Å². The van der Waals surface area contributed by atoms with Crippen molar-refractivity contribution >= 4 is 42.3 Å². The van der Waals surface area contributed by atoms with Crippen molar-refractivity contribution in [2.24, 2.45) is 0 Å². The second-order valence-corrected chi connectivity index (χ2v) is 6.24. The molecule has 0 unspecified atom stereocenters. The molecular formula is C7H5ClF2INO3S. The van der Waals surface area contributed by atoms with Gasteiger partial charge in [-0.1, -0.05) is 0 Å². The van der Waals surface area contributed by atoms with E-state index >= 15 is 0 Å². The lowest BCUT2D eigenvalue weighted by Gasteiger charge is -2.11. The highest BCUT2D eigenvalue weighted by Crippen LogP contribution is 2.37. The Kier molecular flexibility index (Phi) is 4.29. The van der Waals surface area contributed by atoms with Gasteiger partial charge in [0.1, 0.15) is 0 Å². The molecule has 1 heterocycles. The Hall–Kier alpha value is -0.220. The number of rotatable bonds is 3. The van der Waals surface area contributed by atoms with Crippen LogP contribution < -0.4 is 4.74 Å². The van der Waals surface area contributed by atoms with E-state index in [-0.39, 0.29) is 3.57 Å². The van der Waals surface area contributed by atoms with Gasteiger partial charge in [-0.05, 0) is 22.6 Å². The number of hydrogen-bond acceptors (Lipinski definition) is 4. The molecule has 0 bridgehead atoms. The minimum Gasteiger partial charge on any atom is -0.493 e. The van der Waals surface area contributed by atoms with Gasteiger partial charge in [-0.25, -0.2) is 22.2 Å². The van der Waals surface area contributed by atoms with Gasteiger partial charge in [0.05, 0.1) is 12.7 Å². The molecule has 1 rings (SSSR count). The Labute approximate surface area is 109 Å². The summed E-state index contributed by atoms with van der Waals surface area (Å²) >= 11 is 1.61. The number of alkyl halides is 2. The van der Waals surface area contributed by atoms with Crippen LogP contribution in [-0.4, -0.2) is 20.5 Å². The summed E-state index contributed by atoms with van der Waals surface area (Å²) in [6.07, 6.45) is -1.87. The Morgan fingerprint density at radius 1 is 1.56 bits per heavy atom. The van der Waals surface area contributed by atoms with E-state index in [1.54, 1.807) is 22.6 Å². The number of hydrogen-bond donors (Lipinski definition) is 0. The lowest BCUT2D eigenvalue weighted by Crippen LogP contribution is -2.05. The molecule has 0 N–H and O–H groups in total. The van der Waals surface area contributed by atoms with E-state index in [4.69, 9.17) is 10.7 Å². The van der Waals surface area contributed by atoms with Crippen molar-refractivity contribution in [3.8, 4) is 5.75 Å². The maximum absolute atomic E-state index is 12.7. The highest BCUT2D eigenvalue weighted by atomic mass is 127. The van der Waals surface area contributed by atoms with Crippen molar-refractivity contribution < 1.29 is 21.9 Å². The van der Waals surface area contributed by atoms with E-state index in [0.717, 1.165) is 13.3 Å². The zero-order valence-corrected chi connectivity index (χ0v) is 11.5. The minimum absolute atomic E-state index is 0.105. The number of halogens is 4. The quantitative estimate of drug-likeness (QED) is 0.595. The van der Waals surface area contributed by atoms with Crippen LogP contribution >= 0.6 is 33.3 Å². The van der Waals surface area contributed by atoms with Crippen LogP contribution in [0.25, 0.3) is 0 Å². The molecule has 0 aliphatic carbocycles. The number of ether oxygens (including phenoxy) is 1. The SMILES string of the molecule is COc1c(S(=O)(=O)Cl)ncc(I)c1C(F)F. The van der Waals surface area contributed by atoms with Crippen molar-refractivity contribution in [1.82, 2.24) is 4.98 Å². The van der Waals surface area contributed by atoms with Gasteiger partial charge < -0.3 is 4.74 Å². The van der Waals surface area contributed by atoms with Gasteiger partial charge >= 0.3 is 0 Å². The molecule has 0 atom stereocenters. The minimum atomic E-state index is -4.22. The first-order valence-electron chi connectivity index (χ1n) is 3.74. The number of pyridine rings is 1. The van der Waals surface area contributed by atoms with Crippen molar-refractivity contribution in [2.75, 3.05) is 7.11 Å². The van der Waals surface area contributed by atoms with E-state index in [9.17, 15) is 17.2 Å². The summed E-state index contributed by atoms with van der Waals surface area (Å²) in [4.78, 5) is 3.48. The van der Waals surface area contributed by atoms with E-state index in [0.29, 0.717) is 0 Å². The second-order valence-electron chi connectivity index (χ2n) is 2.60. The van der Waals surface area contributed by atoms with Crippen LogP contribution in [0.5, 0.6) is 5.75 Å². The van der Waals surface area contributed by atoms with Gasteiger partial charge in [0.15, 0.2) is 5.75 Å². The average Bonchev–Trinajstić information content (AvgIpc) is 2.14. The Balaban J connectivity index is 3.62. The van der Waals surface area contributed by atoms with Crippen molar-refractivity contribution in [3.05, 3.63) is 15.3 Å². The van der Waals surface area contributed by atoms with Gasteiger partial charge in [-0.3, -0.25) is 0 Å². The highest BCUT2D eigenvalue weighted by molar-refractivity contribution is 14.1. The van der Waals surface area contributed by atoms with Gasteiger partial charge in [-0.2, -0.15) is 0 Å². The second kappa shape index (κ2) is 4.96. The third kappa shape index (κ3) is 2.72. The van der Waals surface area contributed by atoms with Gasteiger partial charge in [0.2, 0.25) is 5.03 Å². The van der Waals surface area contributed by atoms with E-state index in [1.807, 2.05) is 0 Å². The Morgan fingerprint density at radius 3 is 2.50 bits per heavy atom. The molecule has 16 heavy (non-hydrogen) atoms. The van der Waals surface area contributed by atoms with E-state index < -0.39 is 31.8 Å². The van der Waals surface area contributed by atoms with Gasteiger partial charge in [-0.15, -0.1) is 0 Å². The summed E-state index contributed by atoms with van der Waals surface area (Å²) in [5, 5.41) is -0.701. The summed E-state index contributed by atoms with van der Waals surface area (Å²) in [5.41, 5.74) is -0.530. The van der Waals surface area contributed by atoms with Crippen LogP contribution in [-0.2, 0) is 9.05 Å². The third-order valence-electron chi connectivity index (χ3n) is 1.64. The molecule has 90 valence electrons. The van der Waals surface area contributed by atoms with Crippen molar-refractivity contribution in [3.63, 3.8) is 0 Å². The first-order chi connectivity index (χ1) is 7.29. The average molecular weight is 384 g/mol. The molecule has 0 fully saturated rings. The summed E-state index contributed by atoms with van der Waals surface area (Å²) in [5.74, 6) is -0.517. The van der Waals surface area contributed by atoms with Crippen LogP contribution in [0.1, 0.15) is 12.0 Å². The predicted molar refractivity (Wildman–Crippen MR) is 61.5 cm³/mol. The molecule has 0 aliphatic heterocycles. The van der Waals surface area contributed by atoms with Crippen LogP contribution in [0.4, 0.5) is 8.78 Å². The molecular weight excluding hydrogens is 379 g/mol. The molecule has 1 aromatic heterocycles. The fourth-order valence-electron chi connectivity index (χ4n) is 1.04. The topological polar surface area (TPSA) is 56.3 Å². The number of aromatic nitrogens is 1. The van der Waals surface area contributed by atoms with Crippen molar-refractivity contribution in [1.29, 1.82) is 0 Å². The Morgan fingerprint density at radius 2 is 2.12 bits per heavy atom. The maximum Gasteiger partial charge on any atom is 0.282 e. The van der Waals surface area contributed by atoms with Crippen LogP contribution in [0.2, 0.25) is 0 Å². The first kappa shape index (κ1) is 13.8. The molecule has 0 spiro atoms. The molecule has 9 heteroatoms. The van der Waals surface area contributed by atoms with E-state index in [1.165, 1.54) is 0 Å². The van der Waals surface area contributed by atoms with Crippen LogP contribution in [0.3, 0.4) is 0 Å². The molecule has 0 radical (unpaired) electrons. The fraction of sp³-hybridized carbons (Fsp3) is 0.286. The zero-order chi connectivity index (χ0) is 12.5. The summed E-state index contributed by atoms with van der Waals surface area (Å²) in [6, 6.07) is 0.